The molecule has 2 amide bonds. The van der Waals surface area contributed by atoms with Gasteiger partial charge in [0.05, 0.1) is 0 Å². The molecule has 0 aliphatic heterocycles. The van der Waals surface area contributed by atoms with Crippen LogP contribution in [0.15, 0.2) is 10.5 Å². The number of amides is 2. The first-order chi connectivity index (χ1) is 9.85. The molecule has 1 heterocycles. The fourth-order valence-electron chi connectivity index (χ4n) is 1.72. The van der Waals surface area contributed by atoms with Gasteiger partial charge >= 0.3 is 5.97 Å². The van der Waals surface area contributed by atoms with Gasteiger partial charge in [0.15, 0.2) is 6.61 Å². The van der Waals surface area contributed by atoms with E-state index in [0.29, 0.717) is 18.1 Å². The van der Waals surface area contributed by atoms with Crippen molar-refractivity contribution in [3.8, 4) is 0 Å². The van der Waals surface area contributed by atoms with Gasteiger partial charge in [0.1, 0.15) is 23.1 Å². The van der Waals surface area contributed by atoms with Gasteiger partial charge in [-0.15, -0.1) is 0 Å². The lowest BCUT2D eigenvalue weighted by Gasteiger charge is -2.13. The van der Waals surface area contributed by atoms with Crippen LogP contribution in [0.5, 0.6) is 0 Å². The third-order valence-corrected chi connectivity index (χ3v) is 2.72. The Hall–Kier alpha value is -2.31. The average molecular weight is 296 g/mol. The number of rotatable bonds is 6. The van der Waals surface area contributed by atoms with E-state index in [2.05, 4.69) is 10.6 Å². The average Bonchev–Trinajstić information content (AvgIpc) is 2.75. The number of esters is 1. The van der Waals surface area contributed by atoms with E-state index >= 15 is 0 Å². The summed E-state index contributed by atoms with van der Waals surface area (Å²) in [6, 6.07) is 0.862. The lowest BCUT2D eigenvalue weighted by atomic mass is 10.2. The Labute approximate surface area is 123 Å². The summed E-state index contributed by atoms with van der Waals surface area (Å²) in [4.78, 5) is 34.8. The third kappa shape index (κ3) is 4.94. The van der Waals surface area contributed by atoms with Crippen LogP contribution in [-0.2, 0) is 14.3 Å². The van der Waals surface area contributed by atoms with Gasteiger partial charge < -0.3 is 19.8 Å². The predicted molar refractivity (Wildman–Crippen MR) is 74.8 cm³/mol. The molecule has 21 heavy (non-hydrogen) atoms. The highest BCUT2D eigenvalue weighted by atomic mass is 16.5. The molecule has 0 aliphatic carbocycles. The second-order valence-corrected chi connectivity index (χ2v) is 4.59. The number of ether oxygens (including phenoxy) is 1. The SMILES string of the molecule is CCNC(=O)[C@H](C)NC(=O)COC(=O)c1cc(C)oc1C. The minimum absolute atomic E-state index is 0.289. The Bertz CT molecular complexity index is 535. The standard InChI is InChI=1S/C14H20N2O5/c1-5-15-13(18)9(3)16-12(17)7-20-14(19)11-6-8(2)21-10(11)4/h6,9H,5,7H2,1-4H3,(H,15,18)(H,16,17)/t9-/m0/s1. The predicted octanol–water partition coefficient (Wildman–Crippen LogP) is 0.694. The summed E-state index contributed by atoms with van der Waals surface area (Å²) < 4.78 is 10.1. The van der Waals surface area contributed by atoms with E-state index in [-0.39, 0.29) is 11.5 Å². The van der Waals surface area contributed by atoms with Gasteiger partial charge in [-0.1, -0.05) is 0 Å². The number of hydrogen-bond donors (Lipinski definition) is 2. The Balaban J connectivity index is 2.44. The molecule has 0 fully saturated rings. The van der Waals surface area contributed by atoms with Gasteiger partial charge in [-0.25, -0.2) is 4.79 Å². The maximum atomic E-state index is 11.8. The summed E-state index contributed by atoms with van der Waals surface area (Å²) in [6.45, 7) is 6.71. The van der Waals surface area contributed by atoms with Crippen LogP contribution in [0.25, 0.3) is 0 Å². The molecule has 1 atom stereocenters. The van der Waals surface area contributed by atoms with Crippen molar-refractivity contribution in [3.63, 3.8) is 0 Å². The van der Waals surface area contributed by atoms with E-state index in [1.54, 1.807) is 33.8 Å². The smallest absolute Gasteiger partial charge is 0.342 e. The van der Waals surface area contributed by atoms with Gasteiger partial charge in [0, 0.05) is 6.54 Å². The van der Waals surface area contributed by atoms with Crippen molar-refractivity contribution in [2.45, 2.75) is 33.7 Å². The molecule has 0 aliphatic rings. The van der Waals surface area contributed by atoms with Crippen molar-refractivity contribution in [2.24, 2.45) is 0 Å². The maximum Gasteiger partial charge on any atom is 0.342 e. The molecule has 0 radical (unpaired) electrons. The monoisotopic (exact) mass is 296 g/mol. The zero-order valence-corrected chi connectivity index (χ0v) is 12.6. The number of likely N-dealkylation sites (N-methyl/N-ethyl adjacent to an activating group) is 1. The van der Waals surface area contributed by atoms with Crippen LogP contribution in [0, 0.1) is 13.8 Å². The number of carbonyl (C=O) groups is 3. The van der Waals surface area contributed by atoms with Crippen LogP contribution in [0.1, 0.15) is 35.7 Å². The molecule has 1 rings (SSSR count). The van der Waals surface area contributed by atoms with Crippen molar-refractivity contribution in [1.82, 2.24) is 10.6 Å². The topological polar surface area (TPSA) is 97.6 Å². The van der Waals surface area contributed by atoms with Crippen molar-refractivity contribution >= 4 is 17.8 Å². The Morgan fingerprint density at radius 1 is 1.33 bits per heavy atom. The summed E-state index contributed by atoms with van der Waals surface area (Å²) in [6.07, 6.45) is 0. The highest BCUT2D eigenvalue weighted by molar-refractivity contribution is 5.93. The molecule has 0 unspecified atom stereocenters. The molecular weight excluding hydrogens is 276 g/mol. The fourth-order valence-corrected chi connectivity index (χ4v) is 1.72. The van der Waals surface area contributed by atoms with Crippen molar-refractivity contribution in [3.05, 3.63) is 23.2 Å². The van der Waals surface area contributed by atoms with E-state index < -0.39 is 24.5 Å². The fraction of sp³-hybridized carbons (Fsp3) is 0.500. The molecule has 1 aromatic heterocycles. The van der Waals surface area contributed by atoms with E-state index in [9.17, 15) is 14.4 Å². The largest absolute Gasteiger partial charge is 0.466 e. The Kier molecular flexibility index (Phi) is 5.95. The quantitative estimate of drug-likeness (QED) is 0.753. The third-order valence-electron chi connectivity index (χ3n) is 2.72. The summed E-state index contributed by atoms with van der Waals surface area (Å²) >= 11 is 0. The molecule has 0 spiro atoms. The molecule has 0 bridgehead atoms. The van der Waals surface area contributed by atoms with Crippen molar-refractivity contribution in [1.29, 1.82) is 0 Å². The number of aryl methyl sites for hydroxylation is 2. The number of nitrogens with one attached hydrogen (secondary N) is 2. The van der Waals surface area contributed by atoms with Gasteiger partial charge in [0.2, 0.25) is 5.91 Å². The Morgan fingerprint density at radius 2 is 2.00 bits per heavy atom. The van der Waals surface area contributed by atoms with Crippen molar-refractivity contribution in [2.75, 3.05) is 13.2 Å². The number of carbonyl (C=O) groups excluding carboxylic acids is 3. The van der Waals surface area contributed by atoms with Gasteiger partial charge in [-0.3, -0.25) is 9.59 Å². The van der Waals surface area contributed by atoms with Gasteiger partial charge in [0.25, 0.3) is 5.91 Å². The second-order valence-electron chi connectivity index (χ2n) is 4.59. The lowest BCUT2D eigenvalue weighted by molar-refractivity contribution is -0.130. The molecular formula is C14H20N2O5. The van der Waals surface area contributed by atoms with Crippen molar-refractivity contribution < 1.29 is 23.5 Å². The van der Waals surface area contributed by atoms with E-state index in [1.165, 1.54) is 0 Å². The van der Waals surface area contributed by atoms with Crippen LogP contribution in [0.4, 0.5) is 0 Å². The second kappa shape index (κ2) is 7.47. The normalized spacial score (nSPS) is 11.6. The summed E-state index contributed by atoms with van der Waals surface area (Å²) in [5.74, 6) is -0.439. The minimum atomic E-state index is -0.686. The lowest BCUT2D eigenvalue weighted by Crippen LogP contribution is -2.46. The molecule has 2 N–H and O–H groups in total. The summed E-state index contributed by atoms with van der Waals surface area (Å²) in [7, 11) is 0. The Morgan fingerprint density at radius 3 is 2.52 bits per heavy atom. The molecule has 7 nitrogen and oxygen atoms in total. The zero-order chi connectivity index (χ0) is 16.0. The van der Waals surface area contributed by atoms with E-state index in [4.69, 9.17) is 9.15 Å². The van der Waals surface area contributed by atoms with Gasteiger partial charge in [-0.2, -0.15) is 0 Å². The van der Waals surface area contributed by atoms with E-state index in [0.717, 1.165) is 0 Å². The minimum Gasteiger partial charge on any atom is -0.466 e. The van der Waals surface area contributed by atoms with Crippen LogP contribution >= 0.6 is 0 Å². The van der Waals surface area contributed by atoms with Gasteiger partial charge in [-0.05, 0) is 33.8 Å². The van der Waals surface area contributed by atoms with Crippen LogP contribution in [0.2, 0.25) is 0 Å². The first-order valence-electron chi connectivity index (χ1n) is 6.66. The highest BCUT2D eigenvalue weighted by Crippen LogP contribution is 2.14. The summed E-state index contributed by atoms with van der Waals surface area (Å²) in [5.41, 5.74) is 0.289. The molecule has 0 saturated carbocycles. The maximum absolute atomic E-state index is 11.8. The van der Waals surface area contributed by atoms with Crippen LogP contribution in [-0.4, -0.2) is 37.0 Å². The molecule has 0 aromatic carbocycles. The first kappa shape index (κ1) is 16.7. The molecule has 116 valence electrons. The first-order valence-corrected chi connectivity index (χ1v) is 6.66. The number of furan rings is 1. The van der Waals surface area contributed by atoms with E-state index in [1.807, 2.05) is 0 Å². The summed E-state index contributed by atoms with van der Waals surface area (Å²) in [5, 5.41) is 5.02. The molecule has 7 heteroatoms. The molecule has 0 saturated heterocycles. The number of hydrogen-bond acceptors (Lipinski definition) is 5. The zero-order valence-electron chi connectivity index (χ0n) is 12.6. The van der Waals surface area contributed by atoms with Crippen LogP contribution < -0.4 is 10.6 Å². The molecule has 1 aromatic rings. The highest BCUT2D eigenvalue weighted by Gasteiger charge is 2.18. The van der Waals surface area contributed by atoms with Crippen LogP contribution in [0.3, 0.4) is 0 Å².